The maximum Gasteiger partial charge on any atom is 0.217 e. The number of hydrogen-bond acceptors (Lipinski definition) is 3. The molecular formula is C18H28N2O2. The van der Waals surface area contributed by atoms with E-state index in [0.29, 0.717) is 12.5 Å². The molecule has 4 nitrogen and oxygen atoms in total. The molecule has 1 aliphatic rings. The zero-order chi connectivity index (χ0) is 16.4. The number of ether oxygens (including phenoxy) is 1. The first-order chi connectivity index (χ1) is 10.4. The van der Waals surface area contributed by atoms with Gasteiger partial charge in [-0.05, 0) is 42.5 Å². The second kappa shape index (κ2) is 6.69. The summed E-state index contributed by atoms with van der Waals surface area (Å²) in [4.78, 5) is 11.5. The first kappa shape index (κ1) is 16.8. The number of nitrogens with two attached hydrogens (primary N) is 1. The molecule has 3 N–H and O–H groups in total. The molecule has 3 atom stereocenters. The summed E-state index contributed by atoms with van der Waals surface area (Å²) < 4.78 is 5.88. The molecule has 1 amide bonds. The summed E-state index contributed by atoms with van der Waals surface area (Å²) in [7, 11) is 0. The highest BCUT2D eigenvalue weighted by Crippen LogP contribution is 2.40. The summed E-state index contributed by atoms with van der Waals surface area (Å²) in [6.45, 7) is 10.7. The van der Waals surface area contributed by atoms with Crippen LogP contribution in [0.15, 0.2) is 6.07 Å². The van der Waals surface area contributed by atoms with E-state index in [9.17, 15) is 4.79 Å². The van der Waals surface area contributed by atoms with E-state index in [2.05, 4.69) is 39.1 Å². The second-order valence-electron chi connectivity index (χ2n) is 6.44. The van der Waals surface area contributed by atoms with Crippen molar-refractivity contribution in [1.82, 2.24) is 5.32 Å². The first-order valence-corrected chi connectivity index (χ1v) is 8.16. The van der Waals surface area contributed by atoms with Gasteiger partial charge < -0.3 is 15.8 Å². The van der Waals surface area contributed by atoms with Crippen molar-refractivity contribution in [2.75, 3.05) is 6.61 Å². The molecule has 0 spiro atoms. The van der Waals surface area contributed by atoms with Gasteiger partial charge in [-0.15, -0.1) is 0 Å². The van der Waals surface area contributed by atoms with Crippen molar-refractivity contribution in [2.45, 2.75) is 59.5 Å². The fourth-order valence-corrected chi connectivity index (χ4v) is 3.13. The minimum Gasteiger partial charge on any atom is -0.493 e. The molecule has 1 aromatic rings. The third-order valence-corrected chi connectivity index (χ3v) is 4.93. The topological polar surface area (TPSA) is 64.3 Å². The smallest absolute Gasteiger partial charge is 0.217 e. The largest absolute Gasteiger partial charge is 0.493 e. The summed E-state index contributed by atoms with van der Waals surface area (Å²) in [5.41, 5.74) is 11.1. The minimum absolute atomic E-state index is 0.00824. The molecule has 1 heterocycles. The third kappa shape index (κ3) is 3.12. The van der Waals surface area contributed by atoms with Gasteiger partial charge in [-0.1, -0.05) is 20.3 Å². The van der Waals surface area contributed by atoms with Crippen LogP contribution in [0.5, 0.6) is 5.75 Å². The molecule has 1 aliphatic heterocycles. The third-order valence-electron chi connectivity index (χ3n) is 4.93. The highest BCUT2D eigenvalue weighted by molar-refractivity contribution is 5.73. The Kier molecular flexibility index (Phi) is 5.12. The van der Waals surface area contributed by atoms with Gasteiger partial charge >= 0.3 is 0 Å². The lowest BCUT2D eigenvalue weighted by Crippen LogP contribution is -2.31. The highest BCUT2D eigenvalue weighted by atomic mass is 16.5. The molecule has 0 bridgehead atoms. The number of hydrogen-bond donors (Lipinski definition) is 2. The van der Waals surface area contributed by atoms with E-state index in [0.717, 1.165) is 29.7 Å². The summed E-state index contributed by atoms with van der Waals surface area (Å²) >= 11 is 0. The second-order valence-corrected chi connectivity index (χ2v) is 6.44. The Morgan fingerprint density at radius 2 is 2.14 bits per heavy atom. The number of rotatable bonds is 4. The number of fused-ring (bicyclic) bond motifs is 1. The molecule has 1 aromatic carbocycles. The molecule has 0 radical (unpaired) electrons. The summed E-state index contributed by atoms with van der Waals surface area (Å²) in [5, 5.41) is 3.03. The predicted molar refractivity (Wildman–Crippen MR) is 89.0 cm³/mol. The Balaban J connectivity index is 2.50. The van der Waals surface area contributed by atoms with Gasteiger partial charge in [0, 0.05) is 24.9 Å². The fraction of sp³-hybridized carbons (Fsp3) is 0.611. The van der Waals surface area contributed by atoms with E-state index in [-0.39, 0.29) is 18.0 Å². The van der Waals surface area contributed by atoms with Crippen molar-refractivity contribution in [1.29, 1.82) is 0 Å². The van der Waals surface area contributed by atoms with Crippen molar-refractivity contribution in [2.24, 2.45) is 11.7 Å². The molecule has 3 unspecified atom stereocenters. The Labute approximate surface area is 133 Å². The van der Waals surface area contributed by atoms with Gasteiger partial charge in [-0.3, -0.25) is 4.79 Å². The Morgan fingerprint density at radius 3 is 2.73 bits per heavy atom. The SMILES string of the molecule is CCC(C)C(N)c1cc2c(c(C)c1C)OCCC2NC(C)=O. The quantitative estimate of drug-likeness (QED) is 0.897. The van der Waals surface area contributed by atoms with Crippen LogP contribution in [0.4, 0.5) is 0 Å². The molecule has 0 fully saturated rings. The molecule has 0 saturated carbocycles. The lowest BCUT2D eigenvalue weighted by molar-refractivity contribution is -0.119. The maximum atomic E-state index is 11.5. The van der Waals surface area contributed by atoms with Gasteiger partial charge in [0.2, 0.25) is 5.91 Å². The molecule has 2 rings (SSSR count). The molecule has 0 aliphatic carbocycles. The number of carbonyl (C=O) groups is 1. The van der Waals surface area contributed by atoms with E-state index in [1.54, 1.807) is 6.92 Å². The van der Waals surface area contributed by atoms with Crippen LogP contribution >= 0.6 is 0 Å². The number of amides is 1. The summed E-state index contributed by atoms with van der Waals surface area (Å²) in [6, 6.07) is 2.17. The normalized spacial score (nSPS) is 19.8. The van der Waals surface area contributed by atoms with E-state index in [1.165, 1.54) is 11.1 Å². The van der Waals surface area contributed by atoms with Crippen molar-refractivity contribution >= 4 is 5.91 Å². The maximum absolute atomic E-state index is 11.5. The van der Waals surface area contributed by atoms with Crippen molar-refractivity contribution in [3.63, 3.8) is 0 Å². The fourth-order valence-electron chi connectivity index (χ4n) is 3.13. The average molecular weight is 304 g/mol. The Morgan fingerprint density at radius 1 is 1.45 bits per heavy atom. The van der Waals surface area contributed by atoms with Crippen LogP contribution in [0.3, 0.4) is 0 Å². The van der Waals surface area contributed by atoms with E-state index < -0.39 is 0 Å². The molecule has 0 saturated heterocycles. The number of benzene rings is 1. The standard InChI is InChI=1S/C18H28N2O2/c1-6-10(2)17(19)14-9-15-16(20-13(5)21)7-8-22-18(15)12(4)11(14)3/h9-10,16-17H,6-8,19H2,1-5H3,(H,20,21). The van der Waals surface area contributed by atoms with Crippen LogP contribution in [-0.2, 0) is 4.79 Å². The van der Waals surface area contributed by atoms with Crippen molar-refractivity contribution in [3.8, 4) is 5.75 Å². The van der Waals surface area contributed by atoms with E-state index >= 15 is 0 Å². The van der Waals surface area contributed by atoms with Crippen LogP contribution in [0.25, 0.3) is 0 Å². The van der Waals surface area contributed by atoms with Gasteiger partial charge in [0.1, 0.15) is 5.75 Å². The molecule has 4 heteroatoms. The molecule has 122 valence electrons. The van der Waals surface area contributed by atoms with Crippen molar-refractivity contribution < 1.29 is 9.53 Å². The highest BCUT2D eigenvalue weighted by Gasteiger charge is 2.27. The lowest BCUT2D eigenvalue weighted by Gasteiger charge is -2.31. The predicted octanol–water partition coefficient (Wildman–Crippen LogP) is 3.31. The lowest BCUT2D eigenvalue weighted by atomic mass is 9.85. The summed E-state index contributed by atoms with van der Waals surface area (Å²) in [5.74, 6) is 1.33. The van der Waals surface area contributed by atoms with Gasteiger partial charge in [0.25, 0.3) is 0 Å². The van der Waals surface area contributed by atoms with E-state index in [4.69, 9.17) is 10.5 Å². The summed E-state index contributed by atoms with van der Waals surface area (Å²) in [6.07, 6.45) is 1.84. The zero-order valence-electron chi connectivity index (χ0n) is 14.3. The Bertz CT molecular complexity index is 569. The number of carbonyl (C=O) groups excluding carboxylic acids is 1. The van der Waals surface area contributed by atoms with Gasteiger partial charge in [0.05, 0.1) is 12.6 Å². The van der Waals surface area contributed by atoms with Gasteiger partial charge in [0.15, 0.2) is 0 Å². The van der Waals surface area contributed by atoms with Crippen LogP contribution < -0.4 is 15.8 Å². The van der Waals surface area contributed by atoms with Crippen LogP contribution in [-0.4, -0.2) is 12.5 Å². The minimum atomic E-state index is -0.0103. The monoisotopic (exact) mass is 304 g/mol. The van der Waals surface area contributed by atoms with E-state index in [1.807, 2.05) is 0 Å². The average Bonchev–Trinajstić information content (AvgIpc) is 2.49. The first-order valence-electron chi connectivity index (χ1n) is 8.16. The van der Waals surface area contributed by atoms with Crippen LogP contribution in [0.2, 0.25) is 0 Å². The zero-order valence-corrected chi connectivity index (χ0v) is 14.3. The van der Waals surface area contributed by atoms with Crippen LogP contribution in [0, 0.1) is 19.8 Å². The Hall–Kier alpha value is -1.55. The van der Waals surface area contributed by atoms with Crippen molar-refractivity contribution in [3.05, 3.63) is 28.3 Å². The van der Waals surface area contributed by atoms with Crippen LogP contribution in [0.1, 0.15) is 68.0 Å². The molecule has 0 aromatic heterocycles. The molecular weight excluding hydrogens is 276 g/mol. The van der Waals surface area contributed by atoms with Gasteiger partial charge in [-0.25, -0.2) is 0 Å². The van der Waals surface area contributed by atoms with Gasteiger partial charge in [-0.2, -0.15) is 0 Å². The number of nitrogens with one attached hydrogen (secondary N) is 1. The molecule has 22 heavy (non-hydrogen) atoms.